The summed E-state index contributed by atoms with van der Waals surface area (Å²) in [6.45, 7) is 4.29. The maximum atomic E-state index is 12.3. The van der Waals surface area contributed by atoms with Crippen molar-refractivity contribution in [3.8, 4) is 17.2 Å². The highest BCUT2D eigenvalue weighted by Gasteiger charge is 2.03. The molecule has 2 N–H and O–H groups in total. The van der Waals surface area contributed by atoms with E-state index in [4.69, 9.17) is 14.9 Å². The van der Waals surface area contributed by atoms with Gasteiger partial charge >= 0.3 is 0 Å². The van der Waals surface area contributed by atoms with E-state index in [2.05, 4.69) is 4.98 Å². The maximum absolute atomic E-state index is 12.3. The fourth-order valence-corrected chi connectivity index (χ4v) is 1.37. The van der Waals surface area contributed by atoms with Crippen LogP contribution in [-0.2, 0) is 0 Å². The van der Waals surface area contributed by atoms with Crippen LogP contribution < -0.4 is 10.5 Å². The van der Waals surface area contributed by atoms with Crippen molar-refractivity contribution < 1.29 is 13.5 Å². The van der Waals surface area contributed by atoms with Gasteiger partial charge in [-0.2, -0.15) is 0 Å². The van der Waals surface area contributed by atoms with Crippen LogP contribution in [0, 0.1) is 0 Å². The van der Waals surface area contributed by atoms with E-state index in [0.717, 1.165) is 5.56 Å². The van der Waals surface area contributed by atoms with Gasteiger partial charge in [0.1, 0.15) is 18.6 Å². The fourth-order valence-electron chi connectivity index (χ4n) is 1.37. The number of halogens is 1. The lowest BCUT2D eigenvalue weighted by molar-refractivity contribution is 0.347. The molecule has 5 heteroatoms. The minimum atomic E-state index is 0.144. The normalized spacial score (nSPS) is 11.2. The molecule has 0 spiro atoms. The zero-order valence-corrected chi connectivity index (χ0v) is 12.8. The summed E-state index contributed by atoms with van der Waals surface area (Å²) in [6.07, 6.45) is 7.57. The van der Waals surface area contributed by atoms with Gasteiger partial charge in [-0.15, -0.1) is 0 Å². The van der Waals surface area contributed by atoms with E-state index in [9.17, 15) is 4.39 Å². The maximum Gasteiger partial charge on any atom is 0.225 e. The van der Waals surface area contributed by atoms with Gasteiger partial charge in [0, 0.05) is 17.7 Å². The van der Waals surface area contributed by atoms with Crippen molar-refractivity contribution in [1.82, 2.24) is 4.98 Å². The summed E-state index contributed by atoms with van der Waals surface area (Å²) in [6, 6.07) is 7.18. The smallest absolute Gasteiger partial charge is 0.225 e. The minimum Gasteiger partial charge on any atom is -0.489 e. The largest absolute Gasteiger partial charge is 0.489 e. The van der Waals surface area contributed by atoms with Crippen molar-refractivity contribution in [2.45, 2.75) is 13.8 Å². The lowest BCUT2D eigenvalue weighted by Crippen LogP contribution is -2.10. The Morgan fingerprint density at radius 1 is 1.27 bits per heavy atom. The van der Waals surface area contributed by atoms with Crippen LogP contribution in [-0.4, -0.2) is 18.1 Å². The van der Waals surface area contributed by atoms with Gasteiger partial charge in [0.25, 0.3) is 0 Å². The third-order valence-electron chi connectivity index (χ3n) is 2.71. The van der Waals surface area contributed by atoms with E-state index < -0.39 is 0 Å². The van der Waals surface area contributed by atoms with Crippen molar-refractivity contribution in [3.63, 3.8) is 0 Å². The highest BCUT2D eigenvalue weighted by Crippen LogP contribution is 2.20. The number of allylic oxidation sites excluding steroid dienone is 2. The Labute approximate surface area is 130 Å². The topological polar surface area (TPSA) is 61.3 Å². The number of nitrogens with zero attached hydrogens (tertiary/aromatic N) is 1. The van der Waals surface area contributed by atoms with Crippen molar-refractivity contribution in [3.05, 3.63) is 60.8 Å². The zero-order chi connectivity index (χ0) is 16.2. The molecule has 2 aromatic rings. The molecule has 0 bridgehead atoms. The van der Waals surface area contributed by atoms with Gasteiger partial charge in [0.2, 0.25) is 5.89 Å². The van der Waals surface area contributed by atoms with Crippen LogP contribution in [0.25, 0.3) is 11.5 Å². The second-order valence-corrected chi connectivity index (χ2v) is 4.29. The standard InChI is InChI=1S/C13H13FN2O2.C4H8/c14-7-10(8-15)9-18-12-3-1-11(2-4-12)13-16-5-6-17-13;1-3-4-2/h1-7H,8-9,15H2;3-4H,1-2H3/b10-7+;4-3-. The van der Waals surface area contributed by atoms with E-state index in [1.807, 2.05) is 38.1 Å². The average molecular weight is 304 g/mol. The third kappa shape index (κ3) is 5.93. The molecule has 0 aliphatic carbocycles. The molecule has 2 rings (SSSR count). The molecule has 0 fully saturated rings. The van der Waals surface area contributed by atoms with Gasteiger partial charge in [-0.05, 0) is 38.1 Å². The molecule has 0 atom stereocenters. The van der Waals surface area contributed by atoms with Gasteiger partial charge in [-0.25, -0.2) is 9.37 Å². The number of rotatable bonds is 5. The summed E-state index contributed by atoms with van der Waals surface area (Å²) in [4.78, 5) is 4.03. The van der Waals surface area contributed by atoms with Crippen LogP contribution in [0.15, 0.2) is 65.2 Å². The predicted molar refractivity (Wildman–Crippen MR) is 86.2 cm³/mol. The SMILES string of the molecule is C/C=C\C.NC/C(=C\F)COc1ccc(-c2ncco2)cc1. The number of nitrogens with two attached hydrogens (primary N) is 1. The van der Waals surface area contributed by atoms with E-state index in [-0.39, 0.29) is 13.2 Å². The molecule has 0 saturated carbocycles. The fraction of sp³-hybridized carbons (Fsp3) is 0.235. The summed E-state index contributed by atoms with van der Waals surface area (Å²) >= 11 is 0. The zero-order valence-electron chi connectivity index (χ0n) is 12.8. The van der Waals surface area contributed by atoms with Crippen LogP contribution in [0.4, 0.5) is 4.39 Å². The van der Waals surface area contributed by atoms with Crippen molar-refractivity contribution in [2.75, 3.05) is 13.2 Å². The second-order valence-electron chi connectivity index (χ2n) is 4.29. The monoisotopic (exact) mass is 304 g/mol. The lowest BCUT2D eigenvalue weighted by Gasteiger charge is -2.07. The number of oxazole rings is 1. The van der Waals surface area contributed by atoms with Gasteiger partial charge in [-0.1, -0.05) is 12.2 Å². The molecular weight excluding hydrogens is 283 g/mol. The molecule has 22 heavy (non-hydrogen) atoms. The van der Waals surface area contributed by atoms with E-state index in [1.165, 1.54) is 6.26 Å². The van der Waals surface area contributed by atoms with Crippen molar-refractivity contribution in [1.29, 1.82) is 0 Å². The summed E-state index contributed by atoms with van der Waals surface area (Å²) < 4.78 is 22.8. The summed E-state index contributed by atoms with van der Waals surface area (Å²) in [5.41, 5.74) is 6.59. The number of ether oxygens (including phenoxy) is 1. The number of hydrogen-bond donors (Lipinski definition) is 1. The first kappa shape index (κ1) is 17.7. The highest BCUT2D eigenvalue weighted by atomic mass is 19.1. The number of benzene rings is 1. The van der Waals surface area contributed by atoms with Crippen molar-refractivity contribution >= 4 is 0 Å². The first-order valence-electron chi connectivity index (χ1n) is 6.93. The Hall–Kier alpha value is -2.40. The summed E-state index contributed by atoms with van der Waals surface area (Å²) in [5.74, 6) is 1.19. The predicted octanol–water partition coefficient (Wildman–Crippen LogP) is 4.11. The average Bonchev–Trinajstić information content (AvgIpc) is 3.11. The molecular formula is C17H21FN2O2. The molecule has 1 aromatic carbocycles. The molecule has 1 heterocycles. The lowest BCUT2D eigenvalue weighted by atomic mass is 10.2. The Morgan fingerprint density at radius 2 is 1.95 bits per heavy atom. The molecule has 0 saturated heterocycles. The van der Waals surface area contributed by atoms with Crippen LogP contribution in [0.3, 0.4) is 0 Å². The van der Waals surface area contributed by atoms with E-state index in [1.54, 1.807) is 18.3 Å². The number of hydrogen-bond acceptors (Lipinski definition) is 4. The minimum absolute atomic E-state index is 0.144. The van der Waals surface area contributed by atoms with Crippen LogP contribution in [0.5, 0.6) is 5.75 Å². The van der Waals surface area contributed by atoms with Gasteiger partial charge in [0.15, 0.2) is 0 Å². The second kappa shape index (κ2) is 10.3. The molecule has 0 aliphatic rings. The van der Waals surface area contributed by atoms with Crippen LogP contribution in [0.2, 0.25) is 0 Å². The highest BCUT2D eigenvalue weighted by molar-refractivity contribution is 5.54. The molecule has 0 radical (unpaired) electrons. The Balaban J connectivity index is 0.000000541. The molecule has 118 valence electrons. The molecule has 4 nitrogen and oxygen atoms in total. The first-order chi connectivity index (χ1) is 10.7. The van der Waals surface area contributed by atoms with Gasteiger partial charge < -0.3 is 14.9 Å². The van der Waals surface area contributed by atoms with Crippen LogP contribution >= 0.6 is 0 Å². The van der Waals surface area contributed by atoms with Gasteiger partial charge in [0.05, 0.1) is 12.5 Å². The number of aromatic nitrogens is 1. The van der Waals surface area contributed by atoms with E-state index in [0.29, 0.717) is 23.5 Å². The van der Waals surface area contributed by atoms with E-state index >= 15 is 0 Å². The summed E-state index contributed by atoms with van der Waals surface area (Å²) in [7, 11) is 0. The first-order valence-corrected chi connectivity index (χ1v) is 6.93. The third-order valence-corrected chi connectivity index (χ3v) is 2.71. The van der Waals surface area contributed by atoms with Crippen molar-refractivity contribution in [2.24, 2.45) is 5.73 Å². The molecule has 0 aliphatic heterocycles. The van der Waals surface area contributed by atoms with Crippen LogP contribution in [0.1, 0.15) is 13.8 Å². The molecule has 1 aromatic heterocycles. The van der Waals surface area contributed by atoms with Gasteiger partial charge in [-0.3, -0.25) is 0 Å². The Bertz CT molecular complexity index is 571. The summed E-state index contributed by atoms with van der Waals surface area (Å²) in [5, 5.41) is 0. The molecule has 0 amide bonds. The molecule has 0 unspecified atom stereocenters. The Kier molecular flexibility index (Phi) is 8.30. The Morgan fingerprint density at radius 3 is 2.41 bits per heavy atom. The quantitative estimate of drug-likeness (QED) is 0.844.